The van der Waals surface area contributed by atoms with Gasteiger partial charge in [-0.1, -0.05) is 13.8 Å². The standard InChI is InChI=1S/C19H25N7/c1-19(2)5-10-24(11-6-19)15-13-20-17-14(23-15)12-21-18(17)25-8-3-9-26-16(25)4-7-22-26/h4,7,13H,3,5-6,8-12H2,1-2H3. The van der Waals surface area contributed by atoms with E-state index >= 15 is 0 Å². The molecule has 0 aromatic carbocycles. The van der Waals surface area contributed by atoms with Gasteiger partial charge >= 0.3 is 0 Å². The minimum Gasteiger partial charge on any atom is -0.355 e. The van der Waals surface area contributed by atoms with Crippen molar-refractivity contribution in [3.8, 4) is 0 Å². The number of anilines is 2. The Hall–Kier alpha value is -2.44. The topological polar surface area (TPSA) is 62.4 Å². The van der Waals surface area contributed by atoms with E-state index < -0.39 is 0 Å². The third-order valence-corrected chi connectivity index (χ3v) is 5.84. The maximum atomic E-state index is 4.91. The molecule has 2 aromatic rings. The third-order valence-electron chi connectivity index (χ3n) is 5.84. The van der Waals surface area contributed by atoms with Crippen molar-refractivity contribution in [3.63, 3.8) is 0 Å². The summed E-state index contributed by atoms with van der Waals surface area (Å²) in [5, 5.41) is 4.40. The first-order valence-electron chi connectivity index (χ1n) is 9.56. The number of hydrogen-bond acceptors (Lipinski definition) is 6. The quantitative estimate of drug-likeness (QED) is 0.790. The summed E-state index contributed by atoms with van der Waals surface area (Å²) in [5.74, 6) is 3.05. The second-order valence-electron chi connectivity index (χ2n) is 8.23. The molecule has 1 saturated heterocycles. The number of fused-ring (bicyclic) bond motifs is 2. The average Bonchev–Trinajstić information content (AvgIpc) is 3.27. The highest BCUT2D eigenvalue weighted by Crippen LogP contribution is 2.32. The van der Waals surface area contributed by atoms with Crippen LogP contribution in [0.25, 0.3) is 0 Å². The fourth-order valence-corrected chi connectivity index (χ4v) is 4.08. The van der Waals surface area contributed by atoms with Gasteiger partial charge in [0.2, 0.25) is 0 Å². The van der Waals surface area contributed by atoms with E-state index in [2.05, 4.69) is 34.8 Å². The highest BCUT2D eigenvalue weighted by molar-refractivity contribution is 6.10. The molecule has 0 spiro atoms. The fraction of sp³-hybridized carbons (Fsp3) is 0.579. The zero-order chi connectivity index (χ0) is 17.7. The highest BCUT2D eigenvalue weighted by atomic mass is 15.4. The van der Waals surface area contributed by atoms with E-state index in [0.717, 1.165) is 61.5 Å². The van der Waals surface area contributed by atoms with Crippen LogP contribution in [0.3, 0.4) is 0 Å². The minimum absolute atomic E-state index is 0.439. The first-order chi connectivity index (χ1) is 12.6. The van der Waals surface area contributed by atoms with Crippen LogP contribution in [0.15, 0.2) is 23.5 Å². The molecule has 0 aliphatic carbocycles. The lowest BCUT2D eigenvalue weighted by Gasteiger charge is -2.37. The Morgan fingerprint density at radius 2 is 1.92 bits per heavy atom. The summed E-state index contributed by atoms with van der Waals surface area (Å²) in [5.41, 5.74) is 2.37. The molecule has 3 aliphatic rings. The molecule has 0 saturated carbocycles. The number of rotatable bonds is 1. The Morgan fingerprint density at radius 1 is 1.08 bits per heavy atom. The molecule has 3 aliphatic heterocycles. The molecule has 0 N–H and O–H groups in total. The summed E-state index contributed by atoms with van der Waals surface area (Å²) >= 11 is 0. The predicted molar refractivity (Wildman–Crippen MR) is 102 cm³/mol. The number of amidine groups is 1. The number of aryl methyl sites for hydroxylation is 1. The molecule has 2 aromatic heterocycles. The normalized spacial score (nSPS) is 21.4. The second-order valence-corrected chi connectivity index (χ2v) is 8.23. The molecule has 5 rings (SSSR count). The van der Waals surface area contributed by atoms with Gasteiger partial charge in [0.05, 0.1) is 24.6 Å². The summed E-state index contributed by atoms with van der Waals surface area (Å²) in [6, 6.07) is 2.05. The predicted octanol–water partition coefficient (Wildman–Crippen LogP) is 2.47. The molecule has 26 heavy (non-hydrogen) atoms. The van der Waals surface area contributed by atoms with E-state index in [-0.39, 0.29) is 0 Å². The number of piperidine rings is 1. The van der Waals surface area contributed by atoms with Crippen molar-refractivity contribution in [1.29, 1.82) is 0 Å². The van der Waals surface area contributed by atoms with Gasteiger partial charge in [0, 0.05) is 32.2 Å². The lowest BCUT2D eigenvalue weighted by atomic mass is 9.83. The largest absolute Gasteiger partial charge is 0.355 e. The zero-order valence-corrected chi connectivity index (χ0v) is 15.5. The van der Waals surface area contributed by atoms with Gasteiger partial charge in [0.15, 0.2) is 5.84 Å². The molecule has 0 bridgehead atoms. The Morgan fingerprint density at radius 3 is 2.77 bits per heavy atom. The molecule has 0 atom stereocenters. The van der Waals surface area contributed by atoms with Crippen molar-refractivity contribution in [1.82, 2.24) is 19.7 Å². The zero-order valence-electron chi connectivity index (χ0n) is 15.5. The van der Waals surface area contributed by atoms with E-state index in [1.807, 2.05) is 17.1 Å². The molecule has 136 valence electrons. The van der Waals surface area contributed by atoms with Crippen LogP contribution in [0.4, 0.5) is 11.6 Å². The van der Waals surface area contributed by atoms with Crippen molar-refractivity contribution in [3.05, 3.63) is 29.8 Å². The van der Waals surface area contributed by atoms with Crippen molar-refractivity contribution < 1.29 is 0 Å². The van der Waals surface area contributed by atoms with Gasteiger partial charge in [-0.15, -0.1) is 0 Å². The van der Waals surface area contributed by atoms with Gasteiger partial charge in [0.25, 0.3) is 0 Å². The number of nitrogens with zero attached hydrogens (tertiary/aromatic N) is 7. The maximum Gasteiger partial charge on any atom is 0.157 e. The Labute approximate surface area is 153 Å². The number of hydrogen-bond donors (Lipinski definition) is 0. The van der Waals surface area contributed by atoms with E-state index in [9.17, 15) is 0 Å². The molecular weight excluding hydrogens is 326 g/mol. The van der Waals surface area contributed by atoms with Crippen molar-refractivity contribution in [2.24, 2.45) is 10.4 Å². The monoisotopic (exact) mass is 351 g/mol. The Kier molecular flexibility index (Phi) is 3.52. The number of aromatic nitrogens is 4. The SMILES string of the molecule is CC1(C)CCN(c2cnc3c(n2)CN=C3N2CCCn3nccc32)CC1. The van der Waals surface area contributed by atoms with Crippen LogP contribution in [0.2, 0.25) is 0 Å². The Bertz CT molecular complexity index is 857. The highest BCUT2D eigenvalue weighted by Gasteiger charge is 2.31. The smallest absolute Gasteiger partial charge is 0.157 e. The summed E-state index contributed by atoms with van der Waals surface area (Å²) < 4.78 is 2.04. The second kappa shape index (κ2) is 5.79. The van der Waals surface area contributed by atoms with Gasteiger partial charge in [-0.3, -0.25) is 4.99 Å². The summed E-state index contributed by atoms with van der Waals surface area (Å²) in [6.45, 7) is 9.35. The van der Waals surface area contributed by atoms with E-state index in [0.29, 0.717) is 12.0 Å². The molecule has 5 heterocycles. The summed E-state index contributed by atoms with van der Waals surface area (Å²) in [4.78, 5) is 19.1. The first kappa shape index (κ1) is 15.8. The van der Waals surface area contributed by atoms with Gasteiger partial charge in [-0.2, -0.15) is 5.10 Å². The number of aliphatic imine (C=N–C) groups is 1. The molecule has 1 fully saturated rings. The maximum absolute atomic E-state index is 4.91. The third kappa shape index (κ3) is 2.57. The van der Waals surface area contributed by atoms with Gasteiger partial charge in [0.1, 0.15) is 17.3 Å². The fourth-order valence-electron chi connectivity index (χ4n) is 4.08. The van der Waals surface area contributed by atoms with Gasteiger partial charge in [-0.05, 0) is 24.7 Å². The van der Waals surface area contributed by atoms with Crippen LogP contribution in [-0.4, -0.2) is 45.2 Å². The van der Waals surface area contributed by atoms with Gasteiger partial charge in [-0.25, -0.2) is 14.6 Å². The van der Waals surface area contributed by atoms with Crippen molar-refractivity contribution in [2.45, 2.75) is 46.2 Å². The lowest BCUT2D eigenvalue weighted by Crippen LogP contribution is -2.39. The summed E-state index contributed by atoms with van der Waals surface area (Å²) in [7, 11) is 0. The van der Waals surface area contributed by atoms with E-state index in [1.165, 1.54) is 12.8 Å². The first-order valence-corrected chi connectivity index (χ1v) is 9.56. The summed E-state index contributed by atoms with van der Waals surface area (Å²) in [6.07, 6.45) is 7.25. The molecule has 7 heteroatoms. The van der Waals surface area contributed by atoms with Crippen LogP contribution in [0, 0.1) is 5.41 Å². The molecule has 0 amide bonds. The van der Waals surface area contributed by atoms with E-state index in [1.54, 1.807) is 0 Å². The van der Waals surface area contributed by atoms with Crippen LogP contribution in [0.5, 0.6) is 0 Å². The van der Waals surface area contributed by atoms with Crippen LogP contribution in [-0.2, 0) is 13.1 Å². The average molecular weight is 351 g/mol. The van der Waals surface area contributed by atoms with Crippen LogP contribution < -0.4 is 9.80 Å². The molecule has 0 radical (unpaired) electrons. The van der Waals surface area contributed by atoms with Crippen molar-refractivity contribution >= 4 is 17.5 Å². The van der Waals surface area contributed by atoms with Crippen LogP contribution >= 0.6 is 0 Å². The van der Waals surface area contributed by atoms with E-state index in [4.69, 9.17) is 15.0 Å². The minimum atomic E-state index is 0.439. The molecule has 0 unspecified atom stereocenters. The van der Waals surface area contributed by atoms with Crippen molar-refractivity contribution in [2.75, 3.05) is 29.4 Å². The van der Waals surface area contributed by atoms with Crippen LogP contribution in [0.1, 0.15) is 44.5 Å². The molecular formula is C19H25N7. The Balaban J connectivity index is 1.40. The molecule has 7 nitrogen and oxygen atoms in total. The lowest BCUT2D eigenvalue weighted by molar-refractivity contribution is 0.279. The van der Waals surface area contributed by atoms with Gasteiger partial charge < -0.3 is 9.80 Å².